The van der Waals surface area contributed by atoms with Gasteiger partial charge in [-0.1, -0.05) is 54.6 Å². The van der Waals surface area contributed by atoms with Crippen LogP contribution in [0.5, 0.6) is 0 Å². The summed E-state index contributed by atoms with van der Waals surface area (Å²) in [7, 11) is 0. The fourth-order valence-electron chi connectivity index (χ4n) is 2.63. The first kappa shape index (κ1) is 15.3. The largest absolute Gasteiger partial charge is 0.0911 e. The van der Waals surface area contributed by atoms with E-state index in [4.69, 9.17) is 0 Å². The van der Waals surface area contributed by atoms with Gasteiger partial charge in [0.25, 0.3) is 0 Å². The van der Waals surface area contributed by atoms with Crippen molar-refractivity contribution in [2.24, 2.45) is 0 Å². The van der Waals surface area contributed by atoms with Gasteiger partial charge in [-0.05, 0) is 73.6 Å². The third-order valence-electron chi connectivity index (χ3n) is 4.15. The number of hydrogen-bond acceptors (Lipinski definition) is 0. The molecule has 0 aromatic heterocycles. The zero-order valence-corrected chi connectivity index (χ0v) is 13.7. The molecule has 0 aliphatic heterocycles. The second kappa shape index (κ2) is 6.13. The lowest BCUT2D eigenvalue weighted by atomic mass is 9.97. The van der Waals surface area contributed by atoms with E-state index in [1.165, 1.54) is 38.9 Å². The Hall–Kier alpha value is -2.08. The third kappa shape index (κ3) is 3.52. The minimum atomic E-state index is 1.06. The van der Waals surface area contributed by atoms with Crippen molar-refractivity contribution in [3.63, 3.8) is 0 Å². The summed E-state index contributed by atoms with van der Waals surface area (Å²) in [6.07, 6.45) is 4.27. The molecule has 2 rings (SSSR count). The smallest absolute Gasteiger partial charge is 0.0160 e. The maximum atomic E-state index is 4.21. The van der Waals surface area contributed by atoms with Gasteiger partial charge >= 0.3 is 0 Å². The van der Waals surface area contributed by atoms with Gasteiger partial charge in [-0.25, -0.2) is 0 Å². The third-order valence-corrected chi connectivity index (χ3v) is 4.15. The van der Waals surface area contributed by atoms with Crippen LogP contribution in [0, 0.1) is 34.6 Å². The zero-order chi connectivity index (χ0) is 15.6. The van der Waals surface area contributed by atoms with Gasteiger partial charge in [0.1, 0.15) is 0 Å². The number of benzene rings is 2. The van der Waals surface area contributed by atoms with Gasteiger partial charge in [0.15, 0.2) is 0 Å². The van der Waals surface area contributed by atoms with Crippen LogP contribution in [-0.2, 0) is 0 Å². The van der Waals surface area contributed by atoms with Gasteiger partial charge in [0.05, 0.1) is 0 Å². The van der Waals surface area contributed by atoms with Crippen molar-refractivity contribution in [3.8, 4) is 0 Å². The van der Waals surface area contributed by atoms with E-state index in [1.807, 2.05) is 0 Å². The molecule has 0 radical (unpaired) electrons. The highest BCUT2D eigenvalue weighted by Gasteiger charge is 2.02. The normalized spacial score (nSPS) is 11.1. The van der Waals surface area contributed by atoms with Crippen molar-refractivity contribution in [3.05, 3.63) is 81.9 Å². The summed E-state index contributed by atoms with van der Waals surface area (Å²) in [4.78, 5) is 0. The van der Waals surface area contributed by atoms with Crippen LogP contribution in [0.3, 0.4) is 0 Å². The minimum Gasteiger partial charge on any atom is -0.0911 e. The number of aryl methyl sites for hydroxylation is 4. The number of hydrogen-bond donors (Lipinski definition) is 0. The van der Waals surface area contributed by atoms with Gasteiger partial charge in [-0.2, -0.15) is 0 Å². The molecule has 0 heterocycles. The van der Waals surface area contributed by atoms with Crippen LogP contribution in [0.1, 0.15) is 38.9 Å². The van der Waals surface area contributed by atoms with E-state index < -0.39 is 0 Å². The van der Waals surface area contributed by atoms with Crippen LogP contribution in [0.4, 0.5) is 0 Å². The summed E-state index contributed by atoms with van der Waals surface area (Å²) in [5, 5.41) is 0. The van der Waals surface area contributed by atoms with Gasteiger partial charge < -0.3 is 0 Å². The predicted molar refractivity (Wildman–Crippen MR) is 94.6 cm³/mol. The van der Waals surface area contributed by atoms with E-state index >= 15 is 0 Å². The highest BCUT2D eigenvalue weighted by Crippen LogP contribution is 2.22. The predicted octanol–water partition coefficient (Wildman–Crippen LogP) is 5.96. The Bertz CT molecular complexity index is 692. The standard InChI is InChI=1S/C21H24/c1-14-7-10-21(18(5)11-14)15(2)8-9-20-12-16(3)19(6)17(4)13-20/h7-13H,2H2,1,3-6H3/b9-8+. The summed E-state index contributed by atoms with van der Waals surface area (Å²) >= 11 is 0. The van der Waals surface area contributed by atoms with Crippen molar-refractivity contribution in [1.82, 2.24) is 0 Å². The molecule has 0 amide bonds. The molecule has 0 saturated carbocycles. The summed E-state index contributed by atoms with van der Waals surface area (Å²) < 4.78 is 0. The maximum absolute atomic E-state index is 4.21. The van der Waals surface area contributed by atoms with E-state index in [0.29, 0.717) is 0 Å². The van der Waals surface area contributed by atoms with Gasteiger partial charge in [-0.3, -0.25) is 0 Å². The monoisotopic (exact) mass is 276 g/mol. The first-order valence-corrected chi connectivity index (χ1v) is 7.41. The first-order valence-electron chi connectivity index (χ1n) is 7.41. The molecule has 0 atom stereocenters. The molecule has 108 valence electrons. The Labute approximate surface area is 128 Å². The molecule has 0 N–H and O–H groups in total. The lowest BCUT2D eigenvalue weighted by molar-refractivity contribution is 1.26. The molecule has 2 aromatic carbocycles. The Morgan fingerprint density at radius 3 is 2.05 bits per heavy atom. The molecular formula is C21H24. The lowest BCUT2D eigenvalue weighted by Crippen LogP contribution is -1.89. The van der Waals surface area contributed by atoms with E-state index in [-0.39, 0.29) is 0 Å². The highest BCUT2D eigenvalue weighted by atomic mass is 14.1. The summed E-state index contributed by atoms with van der Waals surface area (Å²) in [6.45, 7) is 15.0. The molecule has 0 heteroatoms. The second-order valence-electron chi connectivity index (χ2n) is 5.96. The van der Waals surface area contributed by atoms with Crippen LogP contribution in [0.2, 0.25) is 0 Å². The summed E-state index contributed by atoms with van der Waals surface area (Å²) in [5.41, 5.74) is 10.1. The molecular weight excluding hydrogens is 252 g/mol. The van der Waals surface area contributed by atoms with Gasteiger partial charge in [-0.15, -0.1) is 0 Å². The Morgan fingerprint density at radius 2 is 1.48 bits per heavy atom. The lowest BCUT2D eigenvalue weighted by Gasteiger charge is -2.08. The molecule has 0 bridgehead atoms. The highest BCUT2D eigenvalue weighted by molar-refractivity contribution is 5.79. The Morgan fingerprint density at radius 1 is 0.857 bits per heavy atom. The van der Waals surface area contributed by atoms with Crippen LogP contribution in [0.15, 0.2) is 43.0 Å². The molecule has 0 unspecified atom stereocenters. The molecule has 0 fully saturated rings. The molecule has 21 heavy (non-hydrogen) atoms. The topological polar surface area (TPSA) is 0 Å². The van der Waals surface area contributed by atoms with Crippen LogP contribution in [0.25, 0.3) is 11.6 Å². The second-order valence-corrected chi connectivity index (χ2v) is 5.96. The van der Waals surface area contributed by atoms with Crippen molar-refractivity contribution < 1.29 is 0 Å². The summed E-state index contributed by atoms with van der Waals surface area (Å²) in [6, 6.07) is 11.0. The van der Waals surface area contributed by atoms with E-state index in [0.717, 1.165) is 5.57 Å². The summed E-state index contributed by atoms with van der Waals surface area (Å²) in [5.74, 6) is 0. The number of allylic oxidation sites excluding steroid dienone is 2. The SMILES string of the molecule is C=C(/C=C/c1cc(C)c(C)c(C)c1)c1ccc(C)cc1C. The van der Waals surface area contributed by atoms with Crippen molar-refractivity contribution in [2.45, 2.75) is 34.6 Å². The molecule has 2 aromatic rings. The van der Waals surface area contributed by atoms with E-state index in [2.05, 4.69) is 83.7 Å². The van der Waals surface area contributed by atoms with E-state index in [1.54, 1.807) is 0 Å². The average molecular weight is 276 g/mol. The van der Waals surface area contributed by atoms with Gasteiger partial charge in [0.2, 0.25) is 0 Å². The van der Waals surface area contributed by atoms with Crippen LogP contribution in [-0.4, -0.2) is 0 Å². The molecule has 0 saturated heterocycles. The Kier molecular flexibility index (Phi) is 4.47. The number of rotatable bonds is 3. The van der Waals surface area contributed by atoms with Crippen molar-refractivity contribution in [1.29, 1.82) is 0 Å². The van der Waals surface area contributed by atoms with Crippen molar-refractivity contribution in [2.75, 3.05) is 0 Å². The fraction of sp³-hybridized carbons (Fsp3) is 0.238. The maximum Gasteiger partial charge on any atom is -0.0160 e. The molecule has 0 aliphatic rings. The molecule has 0 aliphatic carbocycles. The van der Waals surface area contributed by atoms with E-state index in [9.17, 15) is 0 Å². The van der Waals surface area contributed by atoms with Crippen LogP contribution >= 0.6 is 0 Å². The van der Waals surface area contributed by atoms with Crippen molar-refractivity contribution >= 4 is 11.6 Å². The fourth-order valence-corrected chi connectivity index (χ4v) is 2.63. The average Bonchev–Trinajstić information content (AvgIpc) is 2.42. The molecule has 0 nitrogen and oxygen atoms in total. The quantitative estimate of drug-likeness (QED) is 0.607. The zero-order valence-electron chi connectivity index (χ0n) is 13.7. The molecule has 0 spiro atoms. The van der Waals surface area contributed by atoms with Crippen LogP contribution < -0.4 is 0 Å². The minimum absolute atomic E-state index is 1.06. The first-order chi connectivity index (χ1) is 9.88. The van der Waals surface area contributed by atoms with Gasteiger partial charge in [0, 0.05) is 0 Å². The Balaban J connectivity index is 2.27.